The zero-order valence-corrected chi connectivity index (χ0v) is 9.43. The number of nitrogens with zero attached hydrogens (tertiary/aromatic N) is 3. The summed E-state index contributed by atoms with van der Waals surface area (Å²) in [4.78, 5) is 10.4. The van der Waals surface area contributed by atoms with E-state index < -0.39 is 0 Å². The van der Waals surface area contributed by atoms with Crippen LogP contribution in [0.1, 0.15) is 0 Å². The summed E-state index contributed by atoms with van der Waals surface area (Å²) < 4.78 is 2.30. The third-order valence-corrected chi connectivity index (χ3v) is 2.77. The number of hydrogen-bond acceptors (Lipinski definition) is 3. The molecule has 6 heteroatoms. The monoisotopic (exact) mass is 303 g/mol. The molecule has 2 aromatic rings. The minimum atomic E-state index is -0.383. The van der Waals surface area contributed by atoms with Gasteiger partial charge >= 0.3 is 0 Å². The highest BCUT2D eigenvalue weighted by Crippen LogP contribution is 2.28. The Morgan fingerprint density at radius 1 is 1.57 bits per heavy atom. The zero-order valence-electron chi connectivity index (χ0n) is 7.27. The van der Waals surface area contributed by atoms with Gasteiger partial charge in [0.1, 0.15) is 9.09 Å². The molecule has 72 valence electrons. The van der Waals surface area contributed by atoms with E-state index in [0.29, 0.717) is 9.09 Å². The van der Waals surface area contributed by atoms with Gasteiger partial charge in [-0.15, -0.1) is 0 Å². The fourth-order valence-corrected chi connectivity index (χ4v) is 2.27. The van der Waals surface area contributed by atoms with Gasteiger partial charge in [-0.05, 0) is 28.7 Å². The van der Waals surface area contributed by atoms with E-state index in [1.807, 2.05) is 28.7 Å². The summed E-state index contributed by atoms with van der Waals surface area (Å²) in [6.07, 6.45) is 0. The smallest absolute Gasteiger partial charge is 0.267 e. The van der Waals surface area contributed by atoms with Crippen LogP contribution < -0.4 is 0 Å². The number of halogens is 1. The van der Waals surface area contributed by atoms with E-state index in [0.717, 1.165) is 5.52 Å². The molecule has 0 fully saturated rings. The van der Waals surface area contributed by atoms with E-state index in [2.05, 4.69) is 5.10 Å². The van der Waals surface area contributed by atoms with Gasteiger partial charge in [-0.1, -0.05) is 6.07 Å². The molecule has 0 amide bonds. The first-order valence-electron chi connectivity index (χ1n) is 3.87. The van der Waals surface area contributed by atoms with Gasteiger partial charge in [-0.3, -0.25) is 14.8 Å². The highest BCUT2D eigenvalue weighted by molar-refractivity contribution is 14.1. The van der Waals surface area contributed by atoms with E-state index in [9.17, 15) is 10.1 Å². The average molecular weight is 303 g/mol. The van der Waals surface area contributed by atoms with Crippen molar-refractivity contribution < 1.29 is 4.92 Å². The van der Waals surface area contributed by atoms with Crippen molar-refractivity contribution in [2.24, 2.45) is 7.05 Å². The second kappa shape index (κ2) is 3.19. The quantitative estimate of drug-likeness (QED) is 0.460. The first-order chi connectivity index (χ1) is 6.61. The van der Waals surface area contributed by atoms with Crippen molar-refractivity contribution in [3.63, 3.8) is 0 Å². The summed E-state index contributed by atoms with van der Waals surface area (Å²) >= 11 is 2.00. The molecule has 0 saturated carbocycles. The molecule has 2 rings (SSSR count). The van der Waals surface area contributed by atoms with Crippen LogP contribution in [-0.4, -0.2) is 14.7 Å². The Morgan fingerprint density at radius 2 is 2.29 bits per heavy atom. The zero-order chi connectivity index (χ0) is 10.3. The van der Waals surface area contributed by atoms with Gasteiger partial charge in [-0.25, -0.2) is 0 Å². The molecule has 0 radical (unpaired) electrons. The van der Waals surface area contributed by atoms with Crippen LogP contribution in [0.2, 0.25) is 0 Å². The molecule has 14 heavy (non-hydrogen) atoms. The Labute approximate surface area is 93.0 Å². The van der Waals surface area contributed by atoms with Crippen molar-refractivity contribution in [3.8, 4) is 0 Å². The Kier molecular flexibility index (Phi) is 2.14. The van der Waals surface area contributed by atoms with E-state index in [1.54, 1.807) is 17.8 Å². The summed E-state index contributed by atoms with van der Waals surface area (Å²) in [5, 5.41) is 15.5. The number of hydrogen-bond donors (Lipinski definition) is 0. The maximum Gasteiger partial charge on any atom is 0.281 e. The molecule has 0 N–H and O–H groups in total. The highest BCUT2D eigenvalue weighted by atomic mass is 127. The molecule has 0 saturated heterocycles. The van der Waals surface area contributed by atoms with Crippen LogP contribution in [0, 0.1) is 13.8 Å². The van der Waals surface area contributed by atoms with Gasteiger partial charge in [0.05, 0.1) is 10.4 Å². The van der Waals surface area contributed by atoms with Gasteiger partial charge < -0.3 is 0 Å². The maximum atomic E-state index is 10.7. The molecular weight excluding hydrogens is 297 g/mol. The maximum absolute atomic E-state index is 10.7. The molecule has 0 bridgehead atoms. The molecule has 1 aromatic carbocycles. The normalized spacial score (nSPS) is 10.7. The van der Waals surface area contributed by atoms with Crippen molar-refractivity contribution in [3.05, 3.63) is 32.0 Å². The third-order valence-electron chi connectivity index (χ3n) is 2.01. The lowest BCUT2D eigenvalue weighted by atomic mass is 10.2. The summed E-state index contributed by atoms with van der Waals surface area (Å²) in [6, 6.07) is 4.97. The summed E-state index contributed by atoms with van der Waals surface area (Å²) in [5.41, 5.74) is 0.892. The standard InChI is InChI=1S/C8H6IN3O2/c1-11-5-3-2-4-6(12(13)14)7(5)8(9)10-11/h2-4H,1H3. The number of non-ortho nitro benzene ring substituents is 1. The number of benzene rings is 1. The van der Waals surface area contributed by atoms with Gasteiger partial charge in [0, 0.05) is 13.1 Å². The fourth-order valence-electron chi connectivity index (χ4n) is 1.40. The average Bonchev–Trinajstić information content (AvgIpc) is 2.43. The van der Waals surface area contributed by atoms with Gasteiger partial charge in [-0.2, -0.15) is 5.10 Å². The Morgan fingerprint density at radius 3 is 2.93 bits per heavy atom. The summed E-state index contributed by atoms with van der Waals surface area (Å²) in [5.74, 6) is 0. The Balaban J connectivity index is 2.92. The lowest BCUT2D eigenvalue weighted by Gasteiger charge is -1.94. The molecule has 0 spiro atoms. The number of fused-ring (bicyclic) bond motifs is 1. The number of rotatable bonds is 1. The van der Waals surface area contributed by atoms with Gasteiger partial charge in [0.25, 0.3) is 5.69 Å². The van der Waals surface area contributed by atoms with Crippen LogP contribution >= 0.6 is 22.6 Å². The van der Waals surface area contributed by atoms with E-state index in [-0.39, 0.29) is 10.6 Å². The molecule has 5 nitrogen and oxygen atoms in total. The second-order valence-corrected chi connectivity index (χ2v) is 3.86. The lowest BCUT2D eigenvalue weighted by Crippen LogP contribution is -1.90. The van der Waals surface area contributed by atoms with Crippen LogP contribution in [-0.2, 0) is 7.05 Å². The first-order valence-corrected chi connectivity index (χ1v) is 4.94. The SMILES string of the molecule is Cn1nc(I)c2c([N+](=O)[O-])cccc21. The number of aryl methyl sites for hydroxylation is 1. The Bertz CT molecular complexity index is 521. The molecule has 1 heterocycles. The minimum Gasteiger partial charge on any atom is -0.267 e. The van der Waals surface area contributed by atoms with E-state index in [1.165, 1.54) is 6.07 Å². The number of nitro benzene ring substituents is 1. The van der Waals surface area contributed by atoms with Crippen molar-refractivity contribution in [1.29, 1.82) is 0 Å². The number of aromatic nitrogens is 2. The van der Waals surface area contributed by atoms with Crippen molar-refractivity contribution in [1.82, 2.24) is 9.78 Å². The molecule has 0 aliphatic rings. The molecule has 1 aromatic heterocycles. The second-order valence-electron chi connectivity index (χ2n) is 2.84. The van der Waals surface area contributed by atoms with Crippen LogP contribution in [0.15, 0.2) is 18.2 Å². The van der Waals surface area contributed by atoms with Gasteiger partial charge in [0.15, 0.2) is 0 Å². The third kappa shape index (κ3) is 1.26. The van der Waals surface area contributed by atoms with Crippen LogP contribution in [0.5, 0.6) is 0 Å². The number of nitro groups is 1. The molecule has 0 aliphatic carbocycles. The summed E-state index contributed by atoms with van der Waals surface area (Å²) in [7, 11) is 1.77. The van der Waals surface area contributed by atoms with Crippen LogP contribution in [0.3, 0.4) is 0 Å². The molecule has 0 aliphatic heterocycles. The van der Waals surface area contributed by atoms with E-state index >= 15 is 0 Å². The molecular formula is C8H6IN3O2. The largest absolute Gasteiger partial charge is 0.281 e. The van der Waals surface area contributed by atoms with E-state index in [4.69, 9.17) is 0 Å². The minimum absolute atomic E-state index is 0.111. The Hall–Kier alpha value is -1.18. The summed E-state index contributed by atoms with van der Waals surface area (Å²) in [6.45, 7) is 0. The predicted octanol–water partition coefficient (Wildman–Crippen LogP) is 2.09. The molecule has 0 unspecified atom stereocenters. The van der Waals surface area contributed by atoms with Crippen molar-refractivity contribution >= 4 is 39.2 Å². The van der Waals surface area contributed by atoms with Crippen molar-refractivity contribution in [2.45, 2.75) is 0 Å². The molecule has 0 atom stereocenters. The van der Waals surface area contributed by atoms with Gasteiger partial charge in [0.2, 0.25) is 0 Å². The lowest BCUT2D eigenvalue weighted by molar-refractivity contribution is -0.383. The topological polar surface area (TPSA) is 61.0 Å². The van der Waals surface area contributed by atoms with Crippen molar-refractivity contribution in [2.75, 3.05) is 0 Å². The highest BCUT2D eigenvalue weighted by Gasteiger charge is 2.17. The fraction of sp³-hybridized carbons (Fsp3) is 0.125. The van der Waals surface area contributed by atoms with Crippen LogP contribution in [0.4, 0.5) is 5.69 Å². The predicted molar refractivity (Wildman–Crippen MR) is 60.1 cm³/mol. The van der Waals surface area contributed by atoms with Crippen LogP contribution in [0.25, 0.3) is 10.9 Å². The first kappa shape index (κ1) is 9.38.